The van der Waals surface area contributed by atoms with Crippen molar-refractivity contribution in [1.82, 2.24) is 5.01 Å². The molecule has 0 aliphatic rings. The van der Waals surface area contributed by atoms with E-state index in [2.05, 4.69) is 29.4 Å². The minimum atomic E-state index is 0.531. The first-order chi connectivity index (χ1) is 12.2. The van der Waals surface area contributed by atoms with Crippen LogP contribution in [0.2, 0.25) is 10.0 Å². The summed E-state index contributed by atoms with van der Waals surface area (Å²) in [5.74, 6) is 0. The monoisotopic (exact) mass is 368 g/mol. The first-order valence-corrected chi connectivity index (χ1v) is 8.78. The van der Waals surface area contributed by atoms with E-state index in [1.807, 2.05) is 59.8 Å². The lowest BCUT2D eigenvalue weighted by atomic mass is 10.2. The fourth-order valence-electron chi connectivity index (χ4n) is 2.47. The summed E-state index contributed by atoms with van der Waals surface area (Å²) in [4.78, 5) is 0. The SMILES string of the molecule is Clc1ccc(/C=N/N(Cc2ccccc2)Cc2ccccc2)cc1Cl. The summed E-state index contributed by atoms with van der Waals surface area (Å²) in [6, 6.07) is 26.1. The molecule has 126 valence electrons. The van der Waals surface area contributed by atoms with Crippen LogP contribution in [0.5, 0.6) is 0 Å². The normalized spacial score (nSPS) is 11.0. The molecule has 0 unspecified atom stereocenters. The van der Waals surface area contributed by atoms with Gasteiger partial charge in [-0.05, 0) is 28.8 Å². The molecule has 0 saturated heterocycles. The van der Waals surface area contributed by atoms with Crippen LogP contribution in [0.15, 0.2) is 84.0 Å². The maximum atomic E-state index is 6.08. The highest BCUT2D eigenvalue weighted by atomic mass is 35.5. The van der Waals surface area contributed by atoms with E-state index >= 15 is 0 Å². The van der Waals surface area contributed by atoms with Crippen LogP contribution in [0.4, 0.5) is 0 Å². The molecule has 0 fully saturated rings. The van der Waals surface area contributed by atoms with Crippen LogP contribution in [-0.2, 0) is 13.1 Å². The lowest BCUT2D eigenvalue weighted by Crippen LogP contribution is -2.17. The van der Waals surface area contributed by atoms with Gasteiger partial charge in [-0.1, -0.05) is 89.9 Å². The molecule has 0 amide bonds. The van der Waals surface area contributed by atoms with E-state index in [1.54, 1.807) is 6.07 Å². The van der Waals surface area contributed by atoms with Crippen molar-refractivity contribution in [3.8, 4) is 0 Å². The van der Waals surface area contributed by atoms with Gasteiger partial charge in [0.1, 0.15) is 0 Å². The Hall–Kier alpha value is -2.29. The van der Waals surface area contributed by atoms with E-state index < -0.39 is 0 Å². The Kier molecular flexibility index (Phi) is 6.10. The summed E-state index contributed by atoms with van der Waals surface area (Å²) >= 11 is 12.1. The quantitative estimate of drug-likeness (QED) is 0.383. The average molecular weight is 369 g/mol. The zero-order chi connectivity index (χ0) is 17.5. The van der Waals surface area contributed by atoms with Crippen molar-refractivity contribution in [2.24, 2.45) is 5.10 Å². The lowest BCUT2D eigenvalue weighted by molar-refractivity contribution is 0.272. The lowest BCUT2D eigenvalue weighted by Gasteiger charge is -2.19. The van der Waals surface area contributed by atoms with Gasteiger partial charge in [0, 0.05) is 0 Å². The van der Waals surface area contributed by atoms with Gasteiger partial charge in [-0.15, -0.1) is 0 Å². The topological polar surface area (TPSA) is 15.6 Å². The van der Waals surface area contributed by atoms with E-state index in [1.165, 1.54) is 11.1 Å². The summed E-state index contributed by atoms with van der Waals surface area (Å²) < 4.78 is 0. The van der Waals surface area contributed by atoms with Crippen LogP contribution in [0, 0.1) is 0 Å². The summed E-state index contributed by atoms with van der Waals surface area (Å²) in [6.07, 6.45) is 1.81. The van der Waals surface area contributed by atoms with E-state index in [4.69, 9.17) is 23.2 Å². The Bertz CT molecular complexity index is 792. The van der Waals surface area contributed by atoms with Crippen LogP contribution >= 0.6 is 23.2 Å². The first kappa shape index (κ1) is 17.5. The summed E-state index contributed by atoms with van der Waals surface area (Å²) in [5, 5.41) is 7.77. The van der Waals surface area contributed by atoms with E-state index in [0.717, 1.165) is 18.7 Å². The van der Waals surface area contributed by atoms with Gasteiger partial charge < -0.3 is 0 Å². The van der Waals surface area contributed by atoms with Gasteiger partial charge in [-0.25, -0.2) is 0 Å². The number of hydrogen-bond acceptors (Lipinski definition) is 2. The number of nitrogens with zero attached hydrogens (tertiary/aromatic N) is 2. The van der Waals surface area contributed by atoms with Gasteiger partial charge in [0.15, 0.2) is 0 Å². The largest absolute Gasteiger partial charge is 0.288 e. The number of hydrogen-bond donors (Lipinski definition) is 0. The number of halogens is 2. The predicted molar refractivity (Wildman–Crippen MR) is 106 cm³/mol. The molecule has 0 aliphatic carbocycles. The summed E-state index contributed by atoms with van der Waals surface area (Å²) in [6.45, 7) is 1.46. The van der Waals surface area contributed by atoms with Gasteiger partial charge in [-0.2, -0.15) is 5.10 Å². The maximum Gasteiger partial charge on any atom is 0.0614 e. The minimum absolute atomic E-state index is 0.531. The molecule has 0 N–H and O–H groups in total. The second-order valence-electron chi connectivity index (χ2n) is 5.71. The Morgan fingerprint density at radius 3 is 1.80 bits per heavy atom. The molecule has 4 heteroatoms. The molecule has 0 radical (unpaired) electrons. The van der Waals surface area contributed by atoms with Crippen molar-refractivity contribution in [3.63, 3.8) is 0 Å². The second-order valence-corrected chi connectivity index (χ2v) is 6.53. The minimum Gasteiger partial charge on any atom is -0.288 e. The summed E-state index contributed by atoms with van der Waals surface area (Å²) in [7, 11) is 0. The Morgan fingerprint density at radius 1 is 0.720 bits per heavy atom. The van der Waals surface area contributed by atoms with Crippen LogP contribution in [-0.4, -0.2) is 11.2 Å². The summed E-state index contributed by atoms with van der Waals surface area (Å²) in [5.41, 5.74) is 3.34. The van der Waals surface area contributed by atoms with Crippen LogP contribution in [0.3, 0.4) is 0 Å². The van der Waals surface area contributed by atoms with E-state index in [0.29, 0.717) is 10.0 Å². The molecule has 3 aromatic rings. The van der Waals surface area contributed by atoms with Crippen molar-refractivity contribution in [3.05, 3.63) is 106 Å². The van der Waals surface area contributed by atoms with Gasteiger partial charge in [0.25, 0.3) is 0 Å². The first-order valence-electron chi connectivity index (χ1n) is 8.02. The van der Waals surface area contributed by atoms with Crippen molar-refractivity contribution >= 4 is 29.4 Å². The van der Waals surface area contributed by atoms with Crippen LogP contribution in [0.25, 0.3) is 0 Å². The molecule has 0 bridgehead atoms. The average Bonchev–Trinajstić information content (AvgIpc) is 2.64. The number of hydrazone groups is 1. The number of rotatable bonds is 6. The van der Waals surface area contributed by atoms with Gasteiger partial charge in [-0.3, -0.25) is 5.01 Å². The van der Waals surface area contributed by atoms with Crippen molar-refractivity contribution in [2.45, 2.75) is 13.1 Å². The second kappa shape index (κ2) is 8.70. The van der Waals surface area contributed by atoms with Gasteiger partial charge in [0.2, 0.25) is 0 Å². The molecule has 0 aromatic heterocycles. The number of benzene rings is 3. The highest BCUT2D eigenvalue weighted by Gasteiger charge is 2.04. The Labute approximate surface area is 158 Å². The van der Waals surface area contributed by atoms with Gasteiger partial charge in [0.05, 0.1) is 29.3 Å². The highest BCUT2D eigenvalue weighted by Crippen LogP contribution is 2.22. The van der Waals surface area contributed by atoms with Crippen molar-refractivity contribution in [1.29, 1.82) is 0 Å². The maximum absolute atomic E-state index is 6.08. The Morgan fingerprint density at radius 2 is 1.28 bits per heavy atom. The standard InChI is InChI=1S/C21H18Cl2N2/c22-20-12-11-19(13-21(20)23)14-24-25(15-17-7-3-1-4-8-17)16-18-9-5-2-6-10-18/h1-14H,15-16H2/b24-14+. The third-order valence-corrected chi connectivity index (χ3v) is 4.47. The van der Waals surface area contributed by atoms with Crippen LogP contribution < -0.4 is 0 Å². The third kappa shape index (κ3) is 5.35. The molecule has 25 heavy (non-hydrogen) atoms. The van der Waals surface area contributed by atoms with Crippen molar-refractivity contribution < 1.29 is 0 Å². The predicted octanol–water partition coefficient (Wildman–Crippen LogP) is 6.03. The molecule has 3 aromatic carbocycles. The molecule has 0 aliphatic heterocycles. The van der Waals surface area contributed by atoms with Gasteiger partial charge >= 0.3 is 0 Å². The third-order valence-electron chi connectivity index (χ3n) is 3.73. The molecule has 0 spiro atoms. The Balaban J connectivity index is 1.79. The fourth-order valence-corrected chi connectivity index (χ4v) is 2.77. The molecule has 3 rings (SSSR count). The molecule has 0 saturated carbocycles. The highest BCUT2D eigenvalue weighted by molar-refractivity contribution is 6.42. The molecular weight excluding hydrogens is 351 g/mol. The zero-order valence-corrected chi connectivity index (χ0v) is 15.2. The molecule has 2 nitrogen and oxygen atoms in total. The fraction of sp³-hybridized carbons (Fsp3) is 0.0952. The molecule has 0 atom stereocenters. The van der Waals surface area contributed by atoms with E-state index in [9.17, 15) is 0 Å². The van der Waals surface area contributed by atoms with Crippen molar-refractivity contribution in [2.75, 3.05) is 0 Å². The van der Waals surface area contributed by atoms with E-state index in [-0.39, 0.29) is 0 Å². The zero-order valence-electron chi connectivity index (χ0n) is 13.6. The van der Waals surface area contributed by atoms with Crippen LogP contribution in [0.1, 0.15) is 16.7 Å². The molecule has 0 heterocycles. The molecular formula is C21H18Cl2N2. The smallest absolute Gasteiger partial charge is 0.0614 e.